The topological polar surface area (TPSA) is 54.8 Å². The van der Waals surface area contributed by atoms with Gasteiger partial charge in [-0.3, -0.25) is 4.79 Å². The van der Waals surface area contributed by atoms with Gasteiger partial charge in [-0.05, 0) is 42.0 Å². The van der Waals surface area contributed by atoms with Gasteiger partial charge in [0.25, 0.3) is 5.91 Å². The summed E-state index contributed by atoms with van der Waals surface area (Å²) in [7, 11) is 0. The molecule has 0 unspecified atom stereocenters. The van der Waals surface area contributed by atoms with Gasteiger partial charge in [-0.25, -0.2) is 4.79 Å². The van der Waals surface area contributed by atoms with E-state index in [4.69, 9.17) is 4.74 Å². The first-order valence-corrected chi connectivity index (χ1v) is 9.69. The Morgan fingerprint density at radius 3 is 2.03 bits per heavy atom. The van der Waals surface area contributed by atoms with E-state index in [1.165, 1.54) is 0 Å². The van der Waals surface area contributed by atoms with Crippen LogP contribution in [0.1, 0.15) is 15.9 Å². The van der Waals surface area contributed by atoms with Gasteiger partial charge in [-0.1, -0.05) is 30.3 Å². The lowest BCUT2D eigenvalue weighted by atomic mass is 10.1. The molecule has 3 aromatic rings. The first kappa shape index (κ1) is 18.8. The van der Waals surface area contributed by atoms with E-state index in [0.29, 0.717) is 31.7 Å². The number of rotatable bonds is 4. The second kappa shape index (κ2) is 8.65. The van der Waals surface area contributed by atoms with Crippen LogP contribution < -0.4 is 0 Å². The van der Waals surface area contributed by atoms with Gasteiger partial charge in [0.05, 0.1) is 0 Å². The monoisotopic (exact) mass is 389 g/mol. The third-order valence-electron chi connectivity index (χ3n) is 5.05. The number of aromatic nitrogens is 1. The summed E-state index contributed by atoms with van der Waals surface area (Å²) >= 11 is 0. The lowest BCUT2D eigenvalue weighted by Crippen LogP contribution is -2.50. The van der Waals surface area contributed by atoms with Crippen LogP contribution >= 0.6 is 0 Å². The highest BCUT2D eigenvalue weighted by molar-refractivity contribution is 5.94. The molecule has 2 amide bonds. The summed E-state index contributed by atoms with van der Waals surface area (Å²) in [5.74, 6) is -0.0126. The van der Waals surface area contributed by atoms with Crippen LogP contribution in [-0.4, -0.2) is 52.5 Å². The maximum Gasteiger partial charge on any atom is 0.410 e. The largest absolute Gasteiger partial charge is 0.445 e. The first-order valence-electron chi connectivity index (χ1n) is 9.69. The highest BCUT2D eigenvalue weighted by Gasteiger charge is 2.25. The molecule has 1 aromatic heterocycles. The average Bonchev–Trinajstić information content (AvgIpc) is 3.33. The summed E-state index contributed by atoms with van der Waals surface area (Å²) in [6.45, 7) is 2.20. The van der Waals surface area contributed by atoms with Crippen molar-refractivity contribution >= 4 is 12.0 Å². The zero-order valence-corrected chi connectivity index (χ0v) is 16.1. The van der Waals surface area contributed by atoms with Gasteiger partial charge in [0.1, 0.15) is 6.61 Å². The van der Waals surface area contributed by atoms with Crippen LogP contribution in [0.4, 0.5) is 4.79 Å². The quantitative estimate of drug-likeness (QED) is 0.685. The third-order valence-corrected chi connectivity index (χ3v) is 5.05. The van der Waals surface area contributed by atoms with E-state index in [9.17, 15) is 9.59 Å². The van der Waals surface area contributed by atoms with Crippen molar-refractivity contribution in [3.8, 4) is 5.69 Å². The molecule has 0 spiro atoms. The highest BCUT2D eigenvalue weighted by atomic mass is 16.6. The smallest absolute Gasteiger partial charge is 0.410 e. The third kappa shape index (κ3) is 4.48. The van der Waals surface area contributed by atoms with Crippen LogP contribution in [0.15, 0.2) is 79.1 Å². The molecule has 0 aliphatic carbocycles. The van der Waals surface area contributed by atoms with Crippen molar-refractivity contribution in [1.29, 1.82) is 0 Å². The van der Waals surface area contributed by atoms with Crippen molar-refractivity contribution in [2.45, 2.75) is 6.61 Å². The number of nitrogens with zero attached hydrogens (tertiary/aromatic N) is 3. The zero-order chi connectivity index (χ0) is 20.1. The Kier molecular flexibility index (Phi) is 5.61. The van der Waals surface area contributed by atoms with Crippen LogP contribution in [0.5, 0.6) is 0 Å². The predicted octanol–water partition coefficient (Wildman–Crippen LogP) is 3.57. The van der Waals surface area contributed by atoms with Gasteiger partial charge < -0.3 is 19.1 Å². The lowest BCUT2D eigenvalue weighted by Gasteiger charge is -2.34. The van der Waals surface area contributed by atoms with E-state index in [1.54, 1.807) is 9.80 Å². The predicted molar refractivity (Wildman–Crippen MR) is 110 cm³/mol. The highest BCUT2D eigenvalue weighted by Crippen LogP contribution is 2.14. The average molecular weight is 389 g/mol. The normalized spacial score (nSPS) is 13.9. The zero-order valence-electron chi connectivity index (χ0n) is 16.1. The van der Waals surface area contributed by atoms with Crippen LogP contribution in [0, 0.1) is 0 Å². The molecule has 0 radical (unpaired) electrons. The van der Waals surface area contributed by atoms with E-state index in [0.717, 1.165) is 11.3 Å². The van der Waals surface area contributed by atoms with Crippen molar-refractivity contribution < 1.29 is 14.3 Å². The van der Waals surface area contributed by atoms with Gasteiger partial charge >= 0.3 is 6.09 Å². The van der Waals surface area contributed by atoms with Crippen molar-refractivity contribution in [3.05, 3.63) is 90.3 Å². The molecule has 2 aromatic carbocycles. The summed E-state index contributed by atoms with van der Waals surface area (Å²) in [5, 5.41) is 0. The van der Waals surface area contributed by atoms with Crippen molar-refractivity contribution in [2.24, 2.45) is 0 Å². The minimum Gasteiger partial charge on any atom is -0.445 e. The summed E-state index contributed by atoms with van der Waals surface area (Å²) in [5.41, 5.74) is 2.62. The van der Waals surface area contributed by atoms with Crippen molar-refractivity contribution in [3.63, 3.8) is 0 Å². The summed E-state index contributed by atoms with van der Waals surface area (Å²) in [4.78, 5) is 28.5. The van der Waals surface area contributed by atoms with E-state index in [-0.39, 0.29) is 18.6 Å². The molecule has 0 bridgehead atoms. The summed E-state index contributed by atoms with van der Waals surface area (Å²) in [6.07, 6.45) is 3.59. The number of piperazine rings is 1. The fourth-order valence-electron chi connectivity index (χ4n) is 3.37. The minimum absolute atomic E-state index is 0.0126. The number of amides is 2. The van der Waals surface area contributed by atoms with Gasteiger partial charge in [0, 0.05) is 49.8 Å². The van der Waals surface area contributed by atoms with Gasteiger partial charge in [0.15, 0.2) is 0 Å². The molecule has 29 heavy (non-hydrogen) atoms. The molecule has 6 nitrogen and oxygen atoms in total. The van der Waals surface area contributed by atoms with Crippen molar-refractivity contribution in [2.75, 3.05) is 26.2 Å². The van der Waals surface area contributed by atoms with Crippen molar-refractivity contribution in [1.82, 2.24) is 14.4 Å². The molecule has 6 heteroatoms. The van der Waals surface area contributed by atoms with Crippen LogP contribution in [0.3, 0.4) is 0 Å². The SMILES string of the molecule is O=C(OCc1ccccc1)N1CCN(C(=O)c2ccc(-n3cccc3)cc2)CC1. The molecule has 148 valence electrons. The van der Waals surface area contributed by atoms with Gasteiger partial charge in [-0.2, -0.15) is 0 Å². The molecule has 0 atom stereocenters. The second-order valence-electron chi connectivity index (χ2n) is 6.96. The van der Waals surface area contributed by atoms with E-state index in [1.807, 2.05) is 83.7 Å². The molecule has 1 aliphatic rings. The van der Waals surface area contributed by atoms with Gasteiger partial charge in [-0.15, -0.1) is 0 Å². The lowest BCUT2D eigenvalue weighted by molar-refractivity contribution is 0.0544. The number of ether oxygens (including phenoxy) is 1. The maximum atomic E-state index is 12.8. The van der Waals surface area contributed by atoms with Crippen LogP contribution in [0.2, 0.25) is 0 Å². The molecule has 1 aliphatic heterocycles. The minimum atomic E-state index is -0.336. The second-order valence-corrected chi connectivity index (χ2v) is 6.96. The molecular weight excluding hydrogens is 366 g/mol. The molecular formula is C23H23N3O3. The Balaban J connectivity index is 1.28. The molecule has 0 N–H and O–H groups in total. The van der Waals surface area contributed by atoms with Crippen LogP contribution in [0.25, 0.3) is 5.69 Å². The molecule has 1 saturated heterocycles. The summed E-state index contributed by atoms with van der Waals surface area (Å²) < 4.78 is 7.37. The Hall–Kier alpha value is -3.54. The first-order chi connectivity index (χ1) is 14.2. The number of hydrogen-bond donors (Lipinski definition) is 0. The molecule has 0 saturated carbocycles. The Morgan fingerprint density at radius 2 is 1.38 bits per heavy atom. The molecule has 1 fully saturated rings. The molecule has 4 rings (SSSR count). The Bertz CT molecular complexity index is 945. The fourth-order valence-corrected chi connectivity index (χ4v) is 3.37. The van der Waals surface area contributed by atoms with E-state index >= 15 is 0 Å². The Labute approximate surface area is 169 Å². The number of benzene rings is 2. The van der Waals surface area contributed by atoms with E-state index in [2.05, 4.69) is 0 Å². The van der Waals surface area contributed by atoms with Gasteiger partial charge in [0.2, 0.25) is 0 Å². The number of carbonyl (C=O) groups is 2. The van der Waals surface area contributed by atoms with E-state index < -0.39 is 0 Å². The Morgan fingerprint density at radius 1 is 0.759 bits per heavy atom. The summed E-state index contributed by atoms with van der Waals surface area (Å²) in [6, 6.07) is 21.1. The number of hydrogen-bond acceptors (Lipinski definition) is 3. The number of carbonyl (C=O) groups excluding carboxylic acids is 2. The maximum absolute atomic E-state index is 12.8. The van der Waals surface area contributed by atoms with Crippen LogP contribution in [-0.2, 0) is 11.3 Å². The molecule has 2 heterocycles. The standard InChI is InChI=1S/C23H23N3O3/c27-22(20-8-10-21(11-9-20)24-12-4-5-13-24)25-14-16-26(17-15-25)23(28)29-18-19-6-2-1-3-7-19/h1-13H,14-18H2. The fraction of sp³-hybridized carbons (Fsp3) is 0.217.